The Labute approximate surface area is 91.1 Å². The van der Waals surface area contributed by atoms with Gasteiger partial charge in [-0.3, -0.25) is 4.79 Å². The van der Waals surface area contributed by atoms with Crippen LogP contribution in [-0.4, -0.2) is 30.9 Å². The van der Waals surface area contributed by atoms with E-state index in [9.17, 15) is 4.79 Å². The number of nitrogens with one attached hydrogen (secondary N) is 1. The predicted molar refractivity (Wildman–Crippen MR) is 61.4 cm³/mol. The number of amides is 1. The van der Waals surface area contributed by atoms with Crippen LogP contribution in [-0.2, 0) is 11.3 Å². The van der Waals surface area contributed by atoms with E-state index in [4.69, 9.17) is 0 Å². The summed E-state index contributed by atoms with van der Waals surface area (Å²) in [5.74, 6) is 0.103. The van der Waals surface area contributed by atoms with Crippen molar-refractivity contribution in [1.29, 1.82) is 0 Å². The third kappa shape index (κ3) is 3.72. The second kappa shape index (κ2) is 5.51. The molecular weight excluding hydrogens is 188 g/mol. The summed E-state index contributed by atoms with van der Waals surface area (Å²) in [5, 5.41) is 3.19. The molecule has 0 radical (unpaired) electrons. The Morgan fingerprint density at radius 1 is 1.33 bits per heavy atom. The Morgan fingerprint density at radius 2 is 1.93 bits per heavy atom. The summed E-state index contributed by atoms with van der Waals surface area (Å²) < 4.78 is 0. The second-order valence-electron chi connectivity index (χ2n) is 3.82. The van der Waals surface area contributed by atoms with Crippen molar-refractivity contribution in [3.63, 3.8) is 0 Å². The minimum Gasteiger partial charge on any atom is -0.347 e. The van der Waals surface area contributed by atoms with Crippen molar-refractivity contribution >= 4 is 5.91 Å². The number of hydrogen-bond acceptors (Lipinski definition) is 2. The van der Waals surface area contributed by atoms with Gasteiger partial charge in [0.2, 0.25) is 5.91 Å². The molecule has 0 aliphatic heterocycles. The van der Waals surface area contributed by atoms with E-state index in [0.717, 1.165) is 6.54 Å². The van der Waals surface area contributed by atoms with Gasteiger partial charge in [-0.1, -0.05) is 30.3 Å². The van der Waals surface area contributed by atoms with Gasteiger partial charge in [0.15, 0.2) is 0 Å². The van der Waals surface area contributed by atoms with Crippen LogP contribution in [0.15, 0.2) is 30.3 Å². The zero-order chi connectivity index (χ0) is 11.3. The molecule has 3 nitrogen and oxygen atoms in total. The molecular formula is C12H18N2O. The number of likely N-dealkylation sites (N-methyl/N-ethyl adjacent to an activating group) is 1. The van der Waals surface area contributed by atoms with Gasteiger partial charge in [-0.15, -0.1) is 0 Å². The third-order valence-corrected chi connectivity index (χ3v) is 2.27. The van der Waals surface area contributed by atoms with Crippen LogP contribution in [0, 0.1) is 0 Å². The number of nitrogens with zero attached hydrogens (tertiary/aromatic N) is 1. The van der Waals surface area contributed by atoms with Crippen molar-refractivity contribution in [3.8, 4) is 0 Å². The molecule has 0 aromatic heterocycles. The maximum Gasteiger partial charge on any atom is 0.238 e. The summed E-state index contributed by atoms with van der Waals surface area (Å²) in [6, 6.07) is 9.92. The van der Waals surface area contributed by atoms with Crippen LogP contribution in [0.2, 0.25) is 0 Å². The lowest BCUT2D eigenvalue weighted by atomic mass is 10.2. The van der Waals surface area contributed by atoms with Crippen molar-refractivity contribution in [2.75, 3.05) is 14.1 Å². The fourth-order valence-electron chi connectivity index (χ4n) is 1.34. The molecule has 0 fully saturated rings. The summed E-state index contributed by atoms with van der Waals surface area (Å²) in [4.78, 5) is 13.1. The average molecular weight is 206 g/mol. The first-order valence-electron chi connectivity index (χ1n) is 5.09. The Balaban J connectivity index is 2.41. The van der Waals surface area contributed by atoms with Crippen molar-refractivity contribution in [1.82, 2.24) is 10.2 Å². The van der Waals surface area contributed by atoms with Crippen LogP contribution < -0.4 is 5.32 Å². The number of benzene rings is 1. The van der Waals surface area contributed by atoms with Gasteiger partial charge in [0.1, 0.15) is 0 Å². The molecule has 0 heterocycles. The minimum atomic E-state index is -0.139. The van der Waals surface area contributed by atoms with E-state index >= 15 is 0 Å². The lowest BCUT2D eigenvalue weighted by molar-refractivity contribution is -0.130. The van der Waals surface area contributed by atoms with E-state index < -0.39 is 0 Å². The molecule has 0 saturated carbocycles. The van der Waals surface area contributed by atoms with Gasteiger partial charge in [-0.25, -0.2) is 0 Å². The Kier molecular flexibility index (Phi) is 4.31. The fourth-order valence-corrected chi connectivity index (χ4v) is 1.34. The molecule has 1 aromatic rings. The summed E-state index contributed by atoms with van der Waals surface area (Å²) >= 11 is 0. The van der Waals surface area contributed by atoms with Gasteiger partial charge < -0.3 is 10.2 Å². The molecule has 1 N–H and O–H groups in total. The summed E-state index contributed by atoms with van der Waals surface area (Å²) in [6.07, 6.45) is 0. The molecule has 0 bridgehead atoms. The van der Waals surface area contributed by atoms with Crippen LogP contribution in [0.3, 0.4) is 0 Å². The molecule has 1 rings (SSSR count). The van der Waals surface area contributed by atoms with Gasteiger partial charge >= 0.3 is 0 Å². The van der Waals surface area contributed by atoms with E-state index in [1.807, 2.05) is 37.3 Å². The highest BCUT2D eigenvalue weighted by Gasteiger charge is 2.13. The molecule has 1 atom stereocenters. The van der Waals surface area contributed by atoms with Crippen LogP contribution >= 0.6 is 0 Å². The molecule has 15 heavy (non-hydrogen) atoms. The van der Waals surface area contributed by atoms with Gasteiger partial charge in [-0.05, 0) is 12.5 Å². The van der Waals surface area contributed by atoms with E-state index in [1.54, 1.807) is 19.0 Å². The van der Waals surface area contributed by atoms with E-state index in [0.29, 0.717) is 0 Å². The maximum atomic E-state index is 11.5. The summed E-state index contributed by atoms with van der Waals surface area (Å²) in [7, 11) is 3.53. The minimum absolute atomic E-state index is 0.103. The van der Waals surface area contributed by atoms with Gasteiger partial charge in [0, 0.05) is 20.6 Å². The highest BCUT2D eigenvalue weighted by molar-refractivity contribution is 5.80. The molecule has 0 aliphatic carbocycles. The highest BCUT2D eigenvalue weighted by atomic mass is 16.2. The lowest BCUT2D eigenvalue weighted by Crippen LogP contribution is -2.41. The first-order valence-corrected chi connectivity index (χ1v) is 5.09. The van der Waals surface area contributed by atoms with Gasteiger partial charge in [-0.2, -0.15) is 0 Å². The van der Waals surface area contributed by atoms with E-state index in [-0.39, 0.29) is 11.9 Å². The smallest absolute Gasteiger partial charge is 0.238 e. The SMILES string of the molecule is C[C@H](NCc1ccccc1)C(=O)N(C)C. The Bertz CT molecular complexity index is 309. The standard InChI is InChI=1S/C12H18N2O/c1-10(12(15)14(2)3)13-9-11-7-5-4-6-8-11/h4-8,10,13H,9H2,1-3H3/t10-/m0/s1. The molecule has 1 aromatic carbocycles. The third-order valence-electron chi connectivity index (χ3n) is 2.27. The lowest BCUT2D eigenvalue weighted by Gasteiger charge is -2.17. The Morgan fingerprint density at radius 3 is 2.47 bits per heavy atom. The van der Waals surface area contributed by atoms with E-state index in [2.05, 4.69) is 5.32 Å². The summed E-state index contributed by atoms with van der Waals surface area (Å²) in [6.45, 7) is 2.60. The maximum absolute atomic E-state index is 11.5. The fraction of sp³-hybridized carbons (Fsp3) is 0.417. The number of rotatable bonds is 4. The monoisotopic (exact) mass is 206 g/mol. The van der Waals surface area contributed by atoms with Crippen LogP contribution in [0.5, 0.6) is 0 Å². The topological polar surface area (TPSA) is 32.3 Å². The summed E-state index contributed by atoms with van der Waals surface area (Å²) in [5.41, 5.74) is 1.19. The average Bonchev–Trinajstić information content (AvgIpc) is 2.26. The molecule has 0 aliphatic rings. The normalized spacial score (nSPS) is 12.2. The van der Waals surface area contributed by atoms with Gasteiger partial charge in [0.05, 0.1) is 6.04 Å². The number of carbonyl (C=O) groups is 1. The highest BCUT2D eigenvalue weighted by Crippen LogP contribution is 1.98. The van der Waals surface area contributed by atoms with Crippen LogP contribution in [0.25, 0.3) is 0 Å². The second-order valence-corrected chi connectivity index (χ2v) is 3.82. The molecule has 1 amide bonds. The van der Waals surface area contributed by atoms with Gasteiger partial charge in [0.25, 0.3) is 0 Å². The van der Waals surface area contributed by atoms with Crippen LogP contribution in [0.4, 0.5) is 0 Å². The molecule has 0 unspecified atom stereocenters. The zero-order valence-electron chi connectivity index (χ0n) is 9.53. The van der Waals surface area contributed by atoms with Crippen LogP contribution in [0.1, 0.15) is 12.5 Å². The molecule has 0 saturated heterocycles. The quantitative estimate of drug-likeness (QED) is 0.804. The number of hydrogen-bond donors (Lipinski definition) is 1. The molecule has 3 heteroatoms. The first kappa shape index (κ1) is 11.7. The van der Waals surface area contributed by atoms with Crippen molar-refractivity contribution in [3.05, 3.63) is 35.9 Å². The molecule has 0 spiro atoms. The van der Waals surface area contributed by atoms with Crippen molar-refractivity contribution in [2.24, 2.45) is 0 Å². The van der Waals surface area contributed by atoms with Crippen molar-refractivity contribution < 1.29 is 4.79 Å². The Hall–Kier alpha value is -1.35. The molecule has 82 valence electrons. The first-order chi connectivity index (χ1) is 7.11. The number of carbonyl (C=O) groups excluding carboxylic acids is 1. The van der Waals surface area contributed by atoms with E-state index in [1.165, 1.54) is 5.56 Å². The zero-order valence-corrected chi connectivity index (χ0v) is 9.53. The predicted octanol–water partition coefficient (Wildman–Crippen LogP) is 1.25. The largest absolute Gasteiger partial charge is 0.347 e. The van der Waals surface area contributed by atoms with Crippen molar-refractivity contribution in [2.45, 2.75) is 19.5 Å².